The highest BCUT2D eigenvalue weighted by atomic mass is 16.6. The molecule has 1 aromatic carbocycles. The van der Waals surface area contributed by atoms with E-state index in [2.05, 4.69) is 0 Å². The molecule has 2 atom stereocenters. The molecule has 0 heterocycles. The van der Waals surface area contributed by atoms with Crippen LogP contribution in [0.1, 0.15) is 25.8 Å². The third kappa shape index (κ3) is 2.59. The molecule has 1 aliphatic rings. The minimum absolute atomic E-state index is 0.0124. The second kappa shape index (κ2) is 4.99. The van der Waals surface area contributed by atoms with Crippen molar-refractivity contribution < 1.29 is 9.72 Å². The number of para-hydroxylation sites is 1. The molecule has 0 spiro atoms. The fourth-order valence-corrected chi connectivity index (χ4v) is 2.34. The topological polar surface area (TPSA) is 63.5 Å². The van der Waals surface area contributed by atoms with E-state index < -0.39 is 12.0 Å². The largest absolute Gasteiger partial charge is 0.309 e. The first-order valence-corrected chi connectivity index (χ1v) is 6.45. The van der Waals surface area contributed by atoms with E-state index in [1.165, 1.54) is 0 Å². The van der Waals surface area contributed by atoms with Crippen LogP contribution in [0.15, 0.2) is 24.3 Å². The van der Waals surface area contributed by atoms with Gasteiger partial charge in [-0.15, -0.1) is 0 Å². The van der Waals surface area contributed by atoms with Crippen molar-refractivity contribution in [1.29, 1.82) is 0 Å². The van der Waals surface area contributed by atoms with Crippen LogP contribution >= 0.6 is 0 Å². The molecule has 0 radical (unpaired) electrons. The van der Waals surface area contributed by atoms with Gasteiger partial charge in [0, 0.05) is 23.1 Å². The predicted molar refractivity (Wildman–Crippen MR) is 72.7 cm³/mol. The van der Waals surface area contributed by atoms with E-state index in [0.717, 1.165) is 11.3 Å². The monoisotopic (exact) mass is 262 g/mol. The van der Waals surface area contributed by atoms with Crippen LogP contribution in [0, 0.1) is 23.0 Å². The zero-order valence-corrected chi connectivity index (χ0v) is 11.4. The van der Waals surface area contributed by atoms with Crippen LogP contribution in [0.5, 0.6) is 0 Å². The second-order valence-electron chi connectivity index (χ2n) is 5.28. The van der Waals surface area contributed by atoms with Crippen molar-refractivity contribution in [3.8, 4) is 0 Å². The van der Waals surface area contributed by atoms with Gasteiger partial charge < -0.3 is 4.90 Å². The lowest BCUT2D eigenvalue weighted by atomic mass is 10.1. The molecule has 2 rings (SSSR count). The summed E-state index contributed by atoms with van der Waals surface area (Å²) in [6.07, 6.45) is 0.362. The second-order valence-corrected chi connectivity index (χ2v) is 5.28. The zero-order chi connectivity index (χ0) is 14.2. The van der Waals surface area contributed by atoms with Gasteiger partial charge in [0.2, 0.25) is 11.9 Å². The maximum atomic E-state index is 12.4. The molecule has 0 bridgehead atoms. The number of benzene rings is 1. The molecule has 0 saturated heterocycles. The summed E-state index contributed by atoms with van der Waals surface area (Å²) in [4.78, 5) is 24.5. The molecular formula is C14H18N2O3. The fourth-order valence-electron chi connectivity index (χ4n) is 2.34. The van der Waals surface area contributed by atoms with Crippen LogP contribution in [-0.2, 0) is 4.79 Å². The maximum Gasteiger partial charge on any atom is 0.237 e. The minimum atomic E-state index is -0.697. The van der Waals surface area contributed by atoms with Gasteiger partial charge in [0.05, 0.1) is 0 Å². The van der Waals surface area contributed by atoms with Gasteiger partial charge in [-0.05, 0) is 32.4 Å². The molecule has 0 aliphatic heterocycles. The predicted octanol–water partition coefficient (Wildman–Crippen LogP) is 2.40. The first-order valence-electron chi connectivity index (χ1n) is 6.45. The number of rotatable bonds is 4. The summed E-state index contributed by atoms with van der Waals surface area (Å²) >= 11 is 0. The van der Waals surface area contributed by atoms with Gasteiger partial charge in [0.15, 0.2) is 0 Å². The van der Waals surface area contributed by atoms with Crippen LogP contribution < -0.4 is 4.90 Å². The summed E-state index contributed by atoms with van der Waals surface area (Å²) in [5.41, 5.74) is 1.85. The molecule has 102 valence electrons. The summed E-state index contributed by atoms with van der Waals surface area (Å²) < 4.78 is 0. The number of carbonyl (C=O) groups is 1. The summed E-state index contributed by atoms with van der Waals surface area (Å²) in [5.74, 6) is -0.594. The van der Waals surface area contributed by atoms with Crippen molar-refractivity contribution in [3.63, 3.8) is 0 Å². The van der Waals surface area contributed by atoms with Gasteiger partial charge in [-0.3, -0.25) is 14.9 Å². The molecule has 1 aliphatic carbocycles. The SMILES string of the molecule is Cc1ccccc1N(C(=O)[C@@H]1C[C@H]1[N+](=O)[O-])C(C)C. The van der Waals surface area contributed by atoms with Gasteiger partial charge in [-0.1, -0.05) is 18.2 Å². The highest BCUT2D eigenvalue weighted by molar-refractivity contribution is 5.98. The molecular weight excluding hydrogens is 244 g/mol. The van der Waals surface area contributed by atoms with Gasteiger partial charge in [0.25, 0.3) is 0 Å². The molecule has 19 heavy (non-hydrogen) atoms. The fraction of sp³-hybridized carbons (Fsp3) is 0.500. The number of hydrogen-bond acceptors (Lipinski definition) is 3. The molecule has 1 amide bonds. The normalized spacial score (nSPS) is 21.3. The molecule has 1 aromatic rings. The highest BCUT2D eigenvalue weighted by Gasteiger charge is 2.55. The number of aryl methyl sites for hydroxylation is 1. The zero-order valence-electron chi connectivity index (χ0n) is 11.4. The van der Waals surface area contributed by atoms with Crippen LogP contribution in [0.25, 0.3) is 0 Å². The Morgan fingerprint density at radius 2 is 2.05 bits per heavy atom. The number of anilines is 1. The Labute approximate surface area is 112 Å². The van der Waals surface area contributed by atoms with E-state index in [-0.39, 0.29) is 16.9 Å². The summed E-state index contributed by atoms with van der Waals surface area (Å²) in [7, 11) is 0. The van der Waals surface area contributed by atoms with Crippen LogP contribution in [0.2, 0.25) is 0 Å². The molecule has 0 unspecified atom stereocenters. The van der Waals surface area contributed by atoms with Crippen molar-refractivity contribution >= 4 is 11.6 Å². The Balaban J connectivity index is 2.25. The molecule has 1 saturated carbocycles. The Morgan fingerprint density at radius 1 is 1.42 bits per heavy atom. The Morgan fingerprint density at radius 3 is 2.53 bits per heavy atom. The van der Waals surface area contributed by atoms with E-state index >= 15 is 0 Å². The van der Waals surface area contributed by atoms with E-state index in [4.69, 9.17) is 0 Å². The third-order valence-electron chi connectivity index (χ3n) is 3.47. The average molecular weight is 262 g/mol. The number of nitrogens with zero attached hydrogens (tertiary/aromatic N) is 2. The van der Waals surface area contributed by atoms with Gasteiger partial charge >= 0.3 is 0 Å². The van der Waals surface area contributed by atoms with E-state index in [1.807, 2.05) is 45.0 Å². The van der Waals surface area contributed by atoms with Crippen LogP contribution in [0.4, 0.5) is 5.69 Å². The first kappa shape index (κ1) is 13.5. The Kier molecular flexibility index (Phi) is 3.55. The molecule has 0 aromatic heterocycles. The average Bonchev–Trinajstić information content (AvgIpc) is 3.11. The molecule has 0 N–H and O–H groups in total. The van der Waals surface area contributed by atoms with E-state index in [1.54, 1.807) is 4.90 Å². The summed E-state index contributed by atoms with van der Waals surface area (Å²) in [6, 6.07) is 6.91. The van der Waals surface area contributed by atoms with Gasteiger partial charge in [-0.25, -0.2) is 0 Å². The van der Waals surface area contributed by atoms with Crippen molar-refractivity contribution in [3.05, 3.63) is 39.9 Å². The van der Waals surface area contributed by atoms with Crippen molar-refractivity contribution in [2.45, 2.75) is 39.3 Å². The van der Waals surface area contributed by atoms with Crippen molar-refractivity contribution in [2.24, 2.45) is 5.92 Å². The quantitative estimate of drug-likeness (QED) is 0.618. The standard InChI is InChI=1S/C14H18N2O3/c1-9(2)15(12-7-5-4-6-10(12)3)14(17)11-8-13(11)16(18)19/h4-7,9,11,13H,8H2,1-3H3/t11-,13-/m1/s1. The summed E-state index contributed by atoms with van der Waals surface area (Å²) in [6.45, 7) is 5.79. The lowest BCUT2D eigenvalue weighted by Gasteiger charge is -2.28. The number of nitro groups is 1. The Bertz CT molecular complexity index is 513. The number of carbonyl (C=O) groups excluding carboxylic acids is 1. The lowest BCUT2D eigenvalue weighted by Crippen LogP contribution is -2.39. The van der Waals surface area contributed by atoms with Gasteiger partial charge in [-0.2, -0.15) is 0 Å². The molecule has 5 heteroatoms. The summed E-state index contributed by atoms with van der Waals surface area (Å²) in [5, 5.41) is 10.7. The highest BCUT2D eigenvalue weighted by Crippen LogP contribution is 2.37. The van der Waals surface area contributed by atoms with E-state index in [9.17, 15) is 14.9 Å². The number of hydrogen-bond donors (Lipinski definition) is 0. The number of amides is 1. The molecule has 5 nitrogen and oxygen atoms in total. The van der Waals surface area contributed by atoms with Crippen molar-refractivity contribution in [1.82, 2.24) is 0 Å². The smallest absolute Gasteiger partial charge is 0.237 e. The third-order valence-corrected chi connectivity index (χ3v) is 3.47. The van der Waals surface area contributed by atoms with Gasteiger partial charge in [0.1, 0.15) is 5.92 Å². The van der Waals surface area contributed by atoms with Crippen LogP contribution in [0.3, 0.4) is 0 Å². The first-order chi connectivity index (χ1) is 8.93. The molecule has 1 fully saturated rings. The van der Waals surface area contributed by atoms with Crippen LogP contribution in [-0.4, -0.2) is 22.9 Å². The maximum absolute atomic E-state index is 12.4. The lowest BCUT2D eigenvalue weighted by molar-refractivity contribution is -0.497. The Hall–Kier alpha value is -1.91. The minimum Gasteiger partial charge on any atom is -0.309 e. The van der Waals surface area contributed by atoms with E-state index in [0.29, 0.717) is 6.42 Å². The van der Waals surface area contributed by atoms with Crippen molar-refractivity contribution in [2.75, 3.05) is 4.90 Å².